The number of furan rings is 1. The average molecular weight is 153 g/mol. The first kappa shape index (κ1) is 7.85. The summed E-state index contributed by atoms with van der Waals surface area (Å²) in [6, 6.07) is 3.64. The van der Waals surface area contributed by atoms with Crippen LogP contribution in [0.15, 0.2) is 21.7 Å². The highest BCUT2D eigenvalue weighted by molar-refractivity contribution is 5.97. The van der Waals surface area contributed by atoms with Crippen molar-refractivity contribution in [3.8, 4) is 0 Å². The molecule has 1 aromatic heterocycles. The second-order valence-electron chi connectivity index (χ2n) is 2.31. The molecule has 1 aromatic rings. The predicted molar refractivity (Wildman–Crippen MR) is 42.1 cm³/mol. The summed E-state index contributed by atoms with van der Waals surface area (Å²) in [4.78, 5) is 0. The molecule has 0 aromatic carbocycles. The van der Waals surface area contributed by atoms with Crippen molar-refractivity contribution >= 4 is 5.71 Å². The standard InChI is InChI=1S/C8H11NO2/c1-3-7(9-10)8-5-4-6(2)11-8/h4-5,10H,3H2,1-2H3/b9-7+. The first-order valence-electron chi connectivity index (χ1n) is 3.55. The molecular weight excluding hydrogens is 142 g/mol. The molecule has 0 bridgehead atoms. The SMILES string of the molecule is CC/C(=N\O)c1ccc(C)o1. The zero-order valence-corrected chi connectivity index (χ0v) is 6.66. The fourth-order valence-corrected chi connectivity index (χ4v) is 0.884. The van der Waals surface area contributed by atoms with Crippen LogP contribution >= 0.6 is 0 Å². The lowest BCUT2D eigenvalue weighted by atomic mass is 10.2. The minimum atomic E-state index is 0.582. The molecule has 0 radical (unpaired) electrons. The number of nitrogens with zero attached hydrogens (tertiary/aromatic N) is 1. The minimum absolute atomic E-state index is 0.582. The number of hydrogen-bond donors (Lipinski definition) is 1. The van der Waals surface area contributed by atoms with Crippen LogP contribution in [0.1, 0.15) is 24.9 Å². The third-order valence-electron chi connectivity index (χ3n) is 1.48. The van der Waals surface area contributed by atoms with Gasteiger partial charge in [0.1, 0.15) is 11.5 Å². The average Bonchev–Trinajstić information content (AvgIpc) is 2.39. The summed E-state index contributed by atoms with van der Waals surface area (Å²) in [7, 11) is 0. The van der Waals surface area contributed by atoms with E-state index in [1.54, 1.807) is 6.07 Å². The molecule has 0 saturated heterocycles. The summed E-state index contributed by atoms with van der Waals surface area (Å²) in [5.41, 5.74) is 0.582. The van der Waals surface area contributed by atoms with E-state index in [0.29, 0.717) is 17.9 Å². The molecular formula is C8H11NO2. The molecule has 1 N–H and O–H groups in total. The molecule has 0 aliphatic heterocycles. The molecule has 0 fully saturated rings. The van der Waals surface area contributed by atoms with Crippen LogP contribution in [0.5, 0.6) is 0 Å². The van der Waals surface area contributed by atoms with E-state index in [1.165, 1.54) is 0 Å². The van der Waals surface area contributed by atoms with Crippen LogP contribution in [0.25, 0.3) is 0 Å². The Bertz CT molecular complexity index is 263. The van der Waals surface area contributed by atoms with Gasteiger partial charge >= 0.3 is 0 Å². The number of hydrogen-bond acceptors (Lipinski definition) is 3. The van der Waals surface area contributed by atoms with E-state index in [-0.39, 0.29) is 0 Å². The summed E-state index contributed by atoms with van der Waals surface area (Å²) in [6.45, 7) is 3.76. The van der Waals surface area contributed by atoms with Crippen molar-refractivity contribution < 1.29 is 9.62 Å². The van der Waals surface area contributed by atoms with Crippen molar-refractivity contribution in [1.29, 1.82) is 0 Å². The topological polar surface area (TPSA) is 45.7 Å². The highest BCUT2D eigenvalue weighted by Crippen LogP contribution is 2.09. The van der Waals surface area contributed by atoms with E-state index in [4.69, 9.17) is 9.62 Å². The summed E-state index contributed by atoms with van der Waals surface area (Å²) >= 11 is 0. The molecule has 11 heavy (non-hydrogen) atoms. The van der Waals surface area contributed by atoms with Crippen LogP contribution in [0.4, 0.5) is 0 Å². The number of rotatable bonds is 2. The van der Waals surface area contributed by atoms with Crippen LogP contribution in [0.3, 0.4) is 0 Å². The van der Waals surface area contributed by atoms with Crippen molar-refractivity contribution in [2.24, 2.45) is 5.16 Å². The van der Waals surface area contributed by atoms with Gasteiger partial charge < -0.3 is 9.62 Å². The maximum Gasteiger partial charge on any atom is 0.151 e. The Labute approximate surface area is 65.3 Å². The molecule has 0 amide bonds. The normalized spacial score (nSPS) is 12.0. The lowest BCUT2D eigenvalue weighted by Gasteiger charge is -1.93. The monoisotopic (exact) mass is 153 g/mol. The van der Waals surface area contributed by atoms with Crippen molar-refractivity contribution in [1.82, 2.24) is 0 Å². The first-order valence-corrected chi connectivity index (χ1v) is 3.55. The number of aryl methyl sites for hydroxylation is 1. The maximum absolute atomic E-state index is 8.52. The van der Waals surface area contributed by atoms with Crippen LogP contribution in [-0.4, -0.2) is 10.9 Å². The highest BCUT2D eigenvalue weighted by atomic mass is 16.4. The van der Waals surface area contributed by atoms with Crippen LogP contribution in [0.2, 0.25) is 0 Å². The largest absolute Gasteiger partial charge is 0.460 e. The molecule has 0 aliphatic rings. The molecule has 0 spiro atoms. The summed E-state index contributed by atoms with van der Waals surface area (Å²) in [6.07, 6.45) is 0.670. The van der Waals surface area contributed by atoms with Crippen molar-refractivity contribution in [3.05, 3.63) is 23.7 Å². The van der Waals surface area contributed by atoms with Crippen LogP contribution in [0, 0.1) is 6.92 Å². The molecule has 0 saturated carbocycles. The van der Waals surface area contributed by atoms with E-state index in [2.05, 4.69) is 5.16 Å². The van der Waals surface area contributed by atoms with Gasteiger partial charge in [-0.1, -0.05) is 12.1 Å². The Morgan fingerprint density at radius 2 is 2.36 bits per heavy atom. The lowest BCUT2D eigenvalue weighted by molar-refractivity contribution is 0.316. The molecule has 3 nitrogen and oxygen atoms in total. The summed E-state index contributed by atoms with van der Waals surface area (Å²) in [5, 5.41) is 11.6. The molecule has 1 heterocycles. The second kappa shape index (κ2) is 3.23. The van der Waals surface area contributed by atoms with E-state index < -0.39 is 0 Å². The van der Waals surface area contributed by atoms with Crippen molar-refractivity contribution in [3.63, 3.8) is 0 Å². The summed E-state index contributed by atoms with van der Waals surface area (Å²) < 4.78 is 5.24. The Morgan fingerprint density at radius 1 is 1.64 bits per heavy atom. The van der Waals surface area contributed by atoms with E-state index >= 15 is 0 Å². The zero-order chi connectivity index (χ0) is 8.27. The first-order chi connectivity index (χ1) is 5.27. The molecule has 60 valence electrons. The van der Waals surface area contributed by atoms with Gasteiger partial charge in [0, 0.05) is 0 Å². The second-order valence-corrected chi connectivity index (χ2v) is 2.31. The van der Waals surface area contributed by atoms with Gasteiger partial charge in [-0.2, -0.15) is 0 Å². The van der Waals surface area contributed by atoms with Crippen LogP contribution < -0.4 is 0 Å². The Morgan fingerprint density at radius 3 is 2.73 bits per heavy atom. The van der Waals surface area contributed by atoms with E-state index in [0.717, 1.165) is 5.76 Å². The molecule has 3 heteroatoms. The lowest BCUT2D eigenvalue weighted by Crippen LogP contribution is -1.95. The molecule has 0 aliphatic carbocycles. The smallest absolute Gasteiger partial charge is 0.151 e. The molecule has 0 unspecified atom stereocenters. The van der Waals surface area contributed by atoms with Gasteiger partial charge in [0.2, 0.25) is 0 Å². The minimum Gasteiger partial charge on any atom is -0.460 e. The van der Waals surface area contributed by atoms with Crippen LogP contribution in [-0.2, 0) is 0 Å². The van der Waals surface area contributed by atoms with Gasteiger partial charge in [-0.3, -0.25) is 0 Å². The fourth-order valence-electron chi connectivity index (χ4n) is 0.884. The van der Waals surface area contributed by atoms with E-state index in [9.17, 15) is 0 Å². The predicted octanol–water partition coefficient (Wildman–Crippen LogP) is 2.18. The van der Waals surface area contributed by atoms with Gasteiger partial charge in [-0.25, -0.2) is 0 Å². The van der Waals surface area contributed by atoms with Gasteiger partial charge in [0.15, 0.2) is 5.76 Å². The fraction of sp³-hybridized carbons (Fsp3) is 0.375. The third kappa shape index (κ3) is 1.61. The van der Waals surface area contributed by atoms with Gasteiger partial charge in [-0.15, -0.1) is 0 Å². The Balaban J connectivity index is 2.91. The Hall–Kier alpha value is -1.25. The van der Waals surface area contributed by atoms with Gasteiger partial charge in [-0.05, 0) is 25.5 Å². The van der Waals surface area contributed by atoms with Gasteiger partial charge in [0.25, 0.3) is 0 Å². The highest BCUT2D eigenvalue weighted by Gasteiger charge is 2.04. The van der Waals surface area contributed by atoms with Crippen molar-refractivity contribution in [2.45, 2.75) is 20.3 Å². The zero-order valence-electron chi connectivity index (χ0n) is 6.66. The molecule has 0 atom stereocenters. The summed E-state index contributed by atoms with van der Waals surface area (Å²) in [5.74, 6) is 1.47. The Kier molecular flexibility index (Phi) is 2.31. The number of oxime groups is 1. The third-order valence-corrected chi connectivity index (χ3v) is 1.48. The molecule has 1 rings (SSSR count). The van der Waals surface area contributed by atoms with E-state index in [1.807, 2.05) is 19.9 Å². The van der Waals surface area contributed by atoms with Crippen molar-refractivity contribution in [2.75, 3.05) is 0 Å². The maximum atomic E-state index is 8.52. The quantitative estimate of drug-likeness (QED) is 0.402. The van der Waals surface area contributed by atoms with Gasteiger partial charge in [0.05, 0.1) is 0 Å².